The zero-order valence-electron chi connectivity index (χ0n) is 12.5. The van der Waals surface area contributed by atoms with Crippen molar-refractivity contribution in [2.45, 2.75) is 0 Å². The van der Waals surface area contributed by atoms with Gasteiger partial charge in [-0.1, -0.05) is 0 Å². The number of pyridine rings is 1. The predicted octanol–water partition coefficient (Wildman–Crippen LogP) is 0.400. The number of fused-ring (bicyclic) bond motifs is 1. The third-order valence-corrected chi connectivity index (χ3v) is 5.76. The molecular weight excluding hydrogens is 320 g/mol. The number of nitrogens with zero attached hydrogens (tertiary/aromatic N) is 5. The van der Waals surface area contributed by atoms with E-state index in [-0.39, 0.29) is 11.5 Å². The Hall–Kier alpha value is -2.49. The molecule has 1 aliphatic heterocycles. The van der Waals surface area contributed by atoms with Gasteiger partial charge in [0, 0.05) is 36.2 Å². The van der Waals surface area contributed by atoms with Crippen LogP contribution in [0.25, 0.3) is 10.9 Å². The molecule has 10 heteroatoms. The van der Waals surface area contributed by atoms with Gasteiger partial charge in [0.25, 0.3) is 0 Å². The lowest BCUT2D eigenvalue weighted by Crippen LogP contribution is -2.41. The number of carbonyl (C=O) groups is 1. The van der Waals surface area contributed by atoms with E-state index in [2.05, 4.69) is 19.3 Å². The number of amides is 2. The van der Waals surface area contributed by atoms with Crippen molar-refractivity contribution >= 4 is 32.5 Å². The Labute approximate surface area is 133 Å². The number of urea groups is 1. The van der Waals surface area contributed by atoms with Gasteiger partial charge in [-0.15, -0.1) is 4.36 Å². The number of methoxy groups -OCH3 is 1. The summed E-state index contributed by atoms with van der Waals surface area (Å²) < 4.78 is 21.2. The van der Waals surface area contributed by atoms with Gasteiger partial charge in [-0.05, 0) is 6.07 Å². The summed E-state index contributed by atoms with van der Waals surface area (Å²) in [4.78, 5) is 25.5. The largest absolute Gasteiger partial charge is 0.479 e. The number of hydrogen-bond acceptors (Lipinski definition) is 7. The Bertz CT molecular complexity index is 863. The summed E-state index contributed by atoms with van der Waals surface area (Å²) in [5.41, 5.74) is 5.64. The maximum atomic E-state index is 12.4. The fraction of sp³-hybridized carbons (Fsp3) is 0.385. The minimum Gasteiger partial charge on any atom is -0.479 e. The highest BCUT2D eigenvalue weighted by atomic mass is 32.2. The first-order chi connectivity index (χ1) is 11.0. The van der Waals surface area contributed by atoms with Crippen LogP contribution in [0.2, 0.25) is 0 Å². The standard InChI is InChI=1S/C13H16N6O3S/c1-22-12-10-9(2-3-15-12)11(17-8-16-10)19-4-6-23(21,7-5-19)18-13(14)20/h2-3,8H,4-7H2,1H3,(H2,14,20). The van der Waals surface area contributed by atoms with Crippen LogP contribution in [0.5, 0.6) is 5.88 Å². The first-order valence-corrected chi connectivity index (χ1v) is 8.78. The van der Waals surface area contributed by atoms with Crippen LogP contribution in [0.15, 0.2) is 23.0 Å². The molecule has 0 atom stereocenters. The third-order valence-electron chi connectivity index (χ3n) is 3.61. The molecule has 0 spiro atoms. The molecule has 23 heavy (non-hydrogen) atoms. The second-order valence-electron chi connectivity index (χ2n) is 5.01. The van der Waals surface area contributed by atoms with Crippen LogP contribution in [-0.4, -0.2) is 56.9 Å². The van der Waals surface area contributed by atoms with Crippen molar-refractivity contribution in [3.8, 4) is 5.88 Å². The van der Waals surface area contributed by atoms with Crippen LogP contribution in [0, 0.1) is 0 Å². The first-order valence-electron chi connectivity index (χ1n) is 6.93. The number of primary amides is 1. The average molecular weight is 336 g/mol. The minimum absolute atomic E-state index is 0.268. The molecule has 0 aliphatic carbocycles. The lowest BCUT2D eigenvalue weighted by Gasteiger charge is -2.30. The van der Waals surface area contributed by atoms with Crippen molar-refractivity contribution in [2.24, 2.45) is 10.1 Å². The predicted molar refractivity (Wildman–Crippen MR) is 86.0 cm³/mol. The second kappa shape index (κ2) is 5.95. The number of nitrogens with two attached hydrogens (primary N) is 1. The summed E-state index contributed by atoms with van der Waals surface area (Å²) in [6.07, 6.45) is 3.07. The Balaban J connectivity index is 1.94. The van der Waals surface area contributed by atoms with Crippen LogP contribution < -0.4 is 15.4 Å². The smallest absolute Gasteiger partial charge is 0.346 e. The van der Waals surface area contributed by atoms with Crippen LogP contribution in [0.4, 0.5) is 10.6 Å². The quantitative estimate of drug-likeness (QED) is 0.841. The van der Waals surface area contributed by atoms with Crippen LogP contribution in [-0.2, 0) is 9.73 Å². The third kappa shape index (κ3) is 3.02. The lowest BCUT2D eigenvalue weighted by atomic mass is 10.2. The van der Waals surface area contributed by atoms with Crippen LogP contribution in [0.1, 0.15) is 0 Å². The fourth-order valence-corrected chi connectivity index (χ4v) is 4.26. The average Bonchev–Trinajstić information content (AvgIpc) is 2.53. The molecule has 3 heterocycles. The molecular formula is C13H16N6O3S. The Morgan fingerprint density at radius 3 is 2.74 bits per heavy atom. The van der Waals surface area contributed by atoms with E-state index in [1.165, 1.54) is 13.4 Å². The van der Waals surface area contributed by atoms with Crippen molar-refractivity contribution in [3.05, 3.63) is 18.6 Å². The maximum Gasteiger partial charge on any atom is 0.346 e. The molecule has 1 fully saturated rings. The zero-order valence-corrected chi connectivity index (χ0v) is 13.3. The van der Waals surface area contributed by atoms with Gasteiger partial charge < -0.3 is 15.4 Å². The molecule has 9 nitrogen and oxygen atoms in total. The lowest BCUT2D eigenvalue weighted by molar-refractivity contribution is 0.257. The summed E-state index contributed by atoms with van der Waals surface area (Å²) in [7, 11) is -1.04. The number of carbonyl (C=O) groups excluding carboxylic acids is 1. The zero-order chi connectivity index (χ0) is 16.4. The summed E-state index contributed by atoms with van der Waals surface area (Å²) in [5.74, 6) is 1.68. The van der Waals surface area contributed by atoms with E-state index in [1.54, 1.807) is 6.20 Å². The topological polar surface area (TPSA) is 124 Å². The molecule has 2 aromatic rings. The summed E-state index contributed by atoms with van der Waals surface area (Å²) in [5, 5.41) is 0.805. The monoisotopic (exact) mass is 336 g/mol. The van der Waals surface area contributed by atoms with Gasteiger partial charge >= 0.3 is 6.03 Å². The second-order valence-corrected chi connectivity index (χ2v) is 7.56. The van der Waals surface area contributed by atoms with Crippen LogP contribution in [0.3, 0.4) is 0 Å². The highest BCUT2D eigenvalue weighted by molar-refractivity contribution is 7.94. The van der Waals surface area contributed by atoms with Gasteiger partial charge in [0.2, 0.25) is 5.88 Å². The van der Waals surface area contributed by atoms with E-state index < -0.39 is 15.8 Å². The van der Waals surface area contributed by atoms with E-state index in [0.29, 0.717) is 24.5 Å². The number of rotatable bonds is 2. The molecule has 0 radical (unpaired) electrons. The van der Waals surface area contributed by atoms with Gasteiger partial charge in [-0.3, -0.25) is 0 Å². The molecule has 2 N–H and O–H groups in total. The Morgan fingerprint density at radius 2 is 2.09 bits per heavy atom. The van der Waals surface area contributed by atoms with E-state index in [0.717, 1.165) is 11.2 Å². The highest BCUT2D eigenvalue weighted by Gasteiger charge is 2.24. The highest BCUT2D eigenvalue weighted by Crippen LogP contribution is 2.28. The molecule has 0 saturated carbocycles. The maximum absolute atomic E-state index is 12.4. The van der Waals surface area contributed by atoms with Crippen LogP contribution >= 0.6 is 0 Å². The minimum atomic E-state index is -2.57. The number of aromatic nitrogens is 3. The van der Waals surface area contributed by atoms with Crippen molar-refractivity contribution in [2.75, 3.05) is 36.6 Å². The molecule has 0 aromatic carbocycles. The molecule has 2 aromatic heterocycles. The van der Waals surface area contributed by atoms with E-state index in [1.807, 2.05) is 11.0 Å². The SMILES string of the molecule is COc1nccc2c(N3CCS(=O)(=NC(N)=O)CC3)ncnc12. The molecule has 3 rings (SSSR count). The normalized spacial score (nSPS) is 17.0. The molecule has 2 amide bonds. The van der Waals surface area contributed by atoms with Gasteiger partial charge in [-0.2, -0.15) is 0 Å². The summed E-state index contributed by atoms with van der Waals surface area (Å²) >= 11 is 0. The molecule has 0 unspecified atom stereocenters. The molecule has 0 bridgehead atoms. The summed E-state index contributed by atoms with van der Waals surface area (Å²) in [6, 6.07) is 0.930. The van der Waals surface area contributed by atoms with E-state index in [9.17, 15) is 9.00 Å². The summed E-state index contributed by atoms with van der Waals surface area (Å²) in [6.45, 7) is 0.929. The van der Waals surface area contributed by atoms with Gasteiger partial charge in [0.1, 0.15) is 17.7 Å². The first kappa shape index (κ1) is 15.4. The van der Waals surface area contributed by atoms with Crippen molar-refractivity contribution in [1.82, 2.24) is 15.0 Å². The van der Waals surface area contributed by atoms with E-state index >= 15 is 0 Å². The molecule has 122 valence electrons. The van der Waals surface area contributed by atoms with Crippen molar-refractivity contribution < 1.29 is 13.7 Å². The van der Waals surface area contributed by atoms with Crippen molar-refractivity contribution in [1.29, 1.82) is 0 Å². The Morgan fingerprint density at radius 1 is 1.35 bits per heavy atom. The molecule has 1 saturated heterocycles. The van der Waals surface area contributed by atoms with Gasteiger partial charge in [0.15, 0.2) is 0 Å². The van der Waals surface area contributed by atoms with Gasteiger partial charge in [0.05, 0.1) is 16.8 Å². The van der Waals surface area contributed by atoms with Crippen molar-refractivity contribution in [3.63, 3.8) is 0 Å². The number of anilines is 1. The Kier molecular flexibility index (Phi) is 3.99. The van der Waals surface area contributed by atoms with Gasteiger partial charge in [-0.25, -0.2) is 24.0 Å². The molecule has 1 aliphatic rings. The van der Waals surface area contributed by atoms with E-state index in [4.69, 9.17) is 10.5 Å². The number of hydrogen-bond donors (Lipinski definition) is 1. The fourth-order valence-electron chi connectivity index (χ4n) is 2.54. The number of ether oxygens (including phenoxy) is 1.